The van der Waals surface area contributed by atoms with Crippen molar-refractivity contribution in [1.29, 1.82) is 0 Å². The average Bonchev–Trinajstić information content (AvgIpc) is 3.18. The fraction of sp³-hybridized carbons (Fsp3) is 0.625. The molecule has 1 aromatic rings. The zero-order valence-corrected chi connectivity index (χ0v) is 11.7. The molecule has 0 heterocycles. The molecule has 1 aromatic carbocycles. The van der Waals surface area contributed by atoms with Crippen molar-refractivity contribution in [2.45, 2.75) is 52.2 Å². The first-order chi connectivity index (χ1) is 8.69. The summed E-state index contributed by atoms with van der Waals surface area (Å²) in [6.45, 7) is 7.19. The van der Waals surface area contributed by atoms with Crippen molar-refractivity contribution in [1.82, 2.24) is 0 Å². The molecule has 100 valence electrons. The Kier molecular flexibility index (Phi) is 4.65. The lowest BCUT2D eigenvalue weighted by Gasteiger charge is -2.19. The molecule has 2 nitrogen and oxygen atoms in total. The largest absolute Gasteiger partial charge is 0.493 e. The number of hydrogen-bond donors (Lipinski definition) is 0. The van der Waals surface area contributed by atoms with Gasteiger partial charge >= 0.3 is 0 Å². The van der Waals surface area contributed by atoms with Crippen molar-refractivity contribution in [2.75, 3.05) is 6.61 Å². The summed E-state index contributed by atoms with van der Waals surface area (Å²) in [5.74, 6) is 1.78. The molecule has 2 heteroatoms. The Labute approximate surface area is 110 Å². The van der Waals surface area contributed by atoms with Crippen LogP contribution >= 0.6 is 0 Å². The van der Waals surface area contributed by atoms with Crippen molar-refractivity contribution in [3.05, 3.63) is 29.8 Å². The monoisotopic (exact) mass is 248 g/mol. The van der Waals surface area contributed by atoms with Crippen molar-refractivity contribution < 1.29 is 9.47 Å². The average molecular weight is 248 g/mol. The molecule has 1 aliphatic rings. The molecule has 1 aliphatic carbocycles. The minimum absolute atomic E-state index is 0.197. The lowest BCUT2D eigenvalue weighted by Crippen LogP contribution is -2.09. The van der Waals surface area contributed by atoms with Gasteiger partial charge in [-0.3, -0.25) is 0 Å². The van der Waals surface area contributed by atoms with Crippen LogP contribution < -0.4 is 4.74 Å². The summed E-state index contributed by atoms with van der Waals surface area (Å²) in [7, 11) is 0. The summed E-state index contributed by atoms with van der Waals surface area (Å²) in [5, 5.41) is 0. The number of rotatable bonds is 7. The normalized spacial score (nSPS) is 16.9. The molecular weight excluding hydrogens is 224 g/mol. The first-order valence-electron chi connectivity index (χ1n) is 7.07. The standard InChI is InChI=1S/C16H24O2/c1-4-16(18-12(2)3)14-7-9-15(10-8-14)17-11-13-5-6-13/h7-10,12-13,16H,4-6,11H2,1-3H3. The van der Waals surface area contributed by atoms with E-state index in [1.54, 1.807) is 0 Å². The number of hydrogen-bond acceptors (Lipinski definition) is 2. The smallest absolute Gasteiger partial charge is 0.119 e. The van der Waals surface area contributed by atoms with Gasteiger partial charge in [-0.1, -0.05) is 19.1 Å². The van der Waals surface area contributed by atoms with Crippen molar-refractivity contribution >= 4 is 0 Å². The van der Waals surface area contributed by atoms with E-state index in [4.69, 9.17) is 9.47 Å². The highest BCUT2D eigenvalue weighted by Gasteiger charge is 2.21. The summed E-state index contributed by atoms with van der Waals surface area (Å²) in [6, 6.07) is 8.37. The third-order valence-electron chi connectivity index (χ3n) is 3.24. The molecule has 0 bridgehead atoms. The Balaban J connectivity index is 1.91. The van der Waals surface area contributed by atoms with Crippen LogP contribution in [0.4, 0.5) is 0 Å². The maximum absolute atomic E-state index is 5.89. The van der Waals surface area contributed by atoms with Gasteiger partial charge in [0.25, 0.3) is 0 Å². The number of benzene rings is 1. The maximum Gasteiger partial charge on any atom is 0.119 e. The molecule has 0 aromatic heterocycles. The van der Waals surface area contributed by atoms with E-state index in [1.807, 2.05) is 0 Å². The van der Waals surface area contributed by atoms with Gasteiger partial charge in [-0.25, -0.2) is 0 Å². The van der Waals surface area contributed by atoms with Gasteiger partial charge in [0.05, 0.1) is 18.8 Å². The van der Waals surface area contributed by atoms with Gasteiger partial charge in [-0.15, -0.1) is 0 Å². The van der Waals surface area contributed by atoms with Gasteiger partial charge in [0.2, 0.25) is 0 Å². The van der Waals surface area contributed by atoms with Crippen molar-refractivity contribution in [3.63, 3.8) is 0 Å². The SMILES string of the molecule is CCC(OC(C)C)c1ccc(OCC2CC2)cc1. The first kappa shape index (κ1) is 13.4. The molecule has 0 spiro atoms. The van der Waals surface area contributed by atoms with Crippen molar-refractivity contribution in [3.8, 4) is 5.75 Å². The van der Waals surface area contributed by atoms with Crippen LogP contribution in [0, 0.1) is 5.92 Å². The van der Waals surface area contributed by atoms with E-state index in [9.17, 15) is 0 Å². The van der Waals surface area contributed by atoms with Crippen LogP contribution in [0.5, 0.6) is 5.75 Å². The Morgan fingerprint density at radius 3 is 2.33 bits per heavy atom. The minimum atomic E-state index is 0.197. The lowest BCUT2D eigenvalue weighted by atomic mass is 10.1. The van der Waals surface area contributed by atoms with Crippen LogP contribution in [0.1, 0.15) is 51.7 Å². The van der Waals surface area contributed by atoms with Gasteiger partial charge in [-0.2, -0.15) is 0 Å². The molecule has 0 saturated heterocycles. The summed E-state index contributed by atoms with van der Waals surface area (Å²) >= 11 is 0. The summed E-state index contributed by atoms with van der Waals surface area (Å²) < 4.78 is 11.6. The van der Waals surface area contributed by atoms with Gasteiger partial charge in [0, 0.05) is 0 Å². The molecule has 0 aliphatic heterocycles. The zero-order valence-electron chi connectivity index (χ0n) is 11.7. The second-order valence-corrected chi connectivity index (χ2v) is 5.41. The second-order valence-electron chi connectivity index (χ2n) is 5.41. The number of ether oxygens (including phenoxy) is 2. The fourth-order valence-corrected chi connectivity index (χ4v) is 2.02. The first-order valence-corrected chi connectivity index (χ1v) is 7.07. The van der Waals surface area contributed by atoms with E-state index in [0.29, 0.717) is 0 Å². The lowest BCUT2D eigenvalue weighted by molar-refractivity contribution is 0.00446. The van der Waals surface area contributed by atoms with Gasteiger partial charge in [0.1, 0.15) is 5.75 Å². The van der Waals surface area contributed by atoms with Gasteiger partial charge < -0.3 is 9.47 Å². The molecule has 0 N–H and O–H groups in total. The summed E-state index contributed by atoms with van der Waals surface area (Å²) in [6.07, 6.45) is 4.12. The summed E-state index contributed by atoms with van der Waals surface area (Å²) in [4.78, 5) is 0. The predicted molar refractivity (Wildman–Crippen MR) is 73.9 cm³/mol. The minimum Gasteiger partial charge on any atom is -0.493 e. The highest BCUT2D eigenvalue weighted by Crippen LogP contribution is 2.30. The topological polar surface area (TPSA) is 18.5 Å². The molecule has 1 saturated carbocycles. The molecule has 1 fully saturated rings. The van der Waals surface area contributed by atoms with E-state index in [1.165, 1.54) is 18.4 Å². The quantitative estimate of drug-likeness (QED) is 0.714. The van der Waals surface area contributed by atoms with E-state index < -0.39 is 0 Å². The van der Waals surface area contributed by atoms with Crippen LogP contribution in [-0.4, -0.2) is 12.7 Å². The van der Waals surface area contributed by atoms with Crippen molar-refractivity contribution in [2.24, 2.45) is 5.92 Å². The van der Waals surface area contributed by atoms with Crippen LogP contribution in [-0.2, 0) is 4.74 Å². The van der Waals surface area contributed by atoms with Crippen LogP contribution in [0.15, 0.2) is 24.3 Å². The molecule has 1 unspecified atom stereocenters. The second kappa shape index (κ2) is 6.24. The Morgan fingerprint density at radius 1 is 1.17 bits per heavy atom. The van der Waals surface area contributed by atoms with Crippen LogP contribution in [0.2, 0.25) is 0 Å². The zero-order chi connectivity index (χ0) is 13.0. The molecule has 1 atom stereocenters. The third-order valence-corrected chi connectivity index (χ3v) is 3.24. The maximum atomic E-state index is 5.89. The molecule has 2 rings (SSSR count). The Hall–Kier alpha value is -1.02. The highest BCUT2D eigenvalue weighted by atomic mass is 16.5. The van der Waals surface area contributed by atoms with Gasteiger partial charge in [-0.05, 0) is 56.7 Å². The van der Waals surface area contributed by atoms with E-state index in [2.05, 4.69) is 45.0 Å². The molecule has 0 amide bonds. The van der Waals surface area contributed by atoms with Crippen LogP contribution in [0.25, 0.3) is 0 Å². The van der Waals surface area contributed by atoms with E-state index >= 15 is 0 Å². The Bertz CT molecular complexity index is 352. The fourth-order valence-electron chi connectivity index (χ4n) is 2.02. The van der Waals surface area contributed by atoms with Gasteiger partial charge in [0.15, 0.2) is 0 Å². The highest BCUT2D eigenvalue weighted by molar-refractivity contribution is 5.28. The van der Waals surface area contributed by atoms with E-state index in [0.717, 1.165) is 24.7 Å². The Morgan fingerprint density at radius 2 is 1.83 bits per heavy atom. The van der Waals surface area contributed by atoms with E-state index in [-0.39, 0.29) is 12.2 Å². The molecule has 18 heavy (non-hydrogen) atoms. The summed E-state index contributed by atoms with van der Waals surface area (Å²) in [5.41, 5.74) is 1.24. The predicted octanol–water partition coefficient (Wildman–Crippen LogP) is 4.35. The third kappa shape index (κ3) is 4.02. The molecule has 0 radical (unpaired) electrons. The van der Waals surface area contributed by atoms with Crippen LogP contribution in [0.3, 0.4) is 0 Å². The molecular formula is C16H24O2.